The minimum absolute atomic E-state index is 0.0399. The van der Waals surface area contributed by atoms with Crippen molar-refractivity contribution in [2.24, 2.45) is 17.3 Å². The molecular weight excluding hydrogens is 452 g/mol. The van der Waals surface area contributed by atoms with E-state index in [1.807, 2.05) is 36.9 Å². The highest BCUT2D eigenvalue weighted by molar-refractivity contribution is 6.04. The molecule has 0 amide bonds. The maximum absolute atomic E-state index is 13.0. The van der Waals surface area contributed by atoms with Gasteiger partial charge in [0.25, 0.3) is 0 Å². The van der Waals surface area contributed by atoms with Crippen molar-refractivity contribution in [3.63, 3.8) is 0 Å². The van der Waals surface area contributed by atoms with Crippen LogP contribution in [0.2, 0.25) is 0 Å². The Labute approximate surface area is 209 Å². The zero-order valence-corrected chi connectivity index (χ0v) is 21.0. The van der Waals surface area contributed by atoms with Crippen LogP contribution in [-0.4, -0.2) is 31.5 Å². The number of hydrogen-bond acceptors (Lipinski definition) is 6. The Bertz CT molecular complexity index is 1500. The SMILES string of the molecule is CC1(C)C(=O)C(C#N)=C[C@]2(C)c3n[nH]c(-n4cc5c(n4)[C@@]4(C)C=C(C#N)C(=O)C[C@@H]4CC5)c3CC[C@@H]12. The van der Waals surface area contributed by atoms with Crippen molar-refractivity contribution in [1.82, 2.24) is 20.0 Å². The van der Waals surface area contributed by atoms with Gasteiger partial charge in [-0.1, -0.05) is 39.8 Å². The third-order valence-corrected chi connectivity index (χ3v) is 9.46. The Kier molecular flexibility index (Phi) is 4.49. The van der Waals surface area contributed by atoms with Gasteiger partial charge in [0, 0.05) is 34.4 Å². The summed E-state index contributed by atoms with van der Waals surface area (Å²) in [6.45, 7) is 8.05. The molecule has 0 unspecified atom stereocenters. The van der Waals surface area contributed by atoms with Crippen LogP contribution in [0.5, 0.6) is 0 Å². The molecule has 0 radical (unpaired) electrons. The summed E-state index contributed by atoms with van der Waals surface area (Å²) >= 11 is 0. The number of aryl methyl sites for hydroxylation is 1. The molecular formula is C28H28N6O2. The van der Waals surface area contributed by atoms with E-state index in [0.717, 1.165) is 54.0 Å². The molecule has 0 saturated heterocycles. The maximum atomic E-state index is 13.0. The Morgan fingerprint density at radius 2 is 1.72 bits per heavy atom. The minimum Gasteiger partial charge on any atom is -0.293 e. The van der Waals surface area contributed by atoms with Crippen LogP contribution in [0, 0.1) is 39.9 Å². The van der Waals surface area contributed by atoms with E-state index >= 15 is 0 Å². The number of hydrogen-bond donors (Lipinski definition) is 1. The third kappa shape index (κ3) is 2.73. The first-order valence-electron chi connectivity index (χ1n) is 12.6. The van der Waals surface area contributed by atoms with Gasteiger partial charge in [0.1, 0.15) is 12.1 Å². The van der Waals surface area contributed by atoms with Gasteiger partial charge in [-0.2, -0.15) is 20.7 Å². The van der Waals surface area contributed by atoms with Gasteiger partial charge < -0.3 is 0 Å². The number of rotatable bonds is 1. The van der Waals surface area contributed by atoms with E-state index < -0.39 is 16.2 Å². The standard InChI is InChI=1S/C28H28N6O2/c1-26(2)21-8-7-19-23(28(21,4)11-17(13-30)24(26)36)31-32-25(19)34-14-15-5-6-18-9-20(35)16(12-29)10-27(18,3)22(15)33-34/h10-11,14,18,21H,5-9H2,1-4H3,(H,31,32)/t18-,21-,27-,28-/m0/s1. The lowest BCUT2D eigenvalue weighted by molar-refractivity contribution is -0.128. The molecule has 4 aliphatic carbocycles. The number of carbonyl (C=O) groups excluding carboxylic acids is 2. The summed E-state index contributed by atoms with van der Waals surface area (Å²) in [6, 6.07) is 4.19. The second-order valence-electron chi connectivity index (χ2n) is 11.8. The Morgan fingerprint density at radius 3 is 2.44 bits per heavy atom. The molecule has 4 aliphatic rings. The lowest BCUT2D eigenvalue weighted by atomic mass is 9.52. The number of ketones is 2. The van der Waals surface area contributed by atoms with E-state index in [4.69, 9.17) is 10.2 Å². The fraction of sp³-hybridized carbons (Fsp3) is 0.500. The Hall–Kier alpha value is -3.78. The van der Waals surface area contributed by atoms with Gasteiger partial charge in [-0.3, -0.25) is 14.7 Å². The molecule has 182 valence electrons. The molecule has 1 N–H and O–H groups in total. The molecule has 0 saturated carbocycles. The zero-order chi connectivity index (χ0) is 25.6. The predicted molar refractivity (Wildman–Crippen MR) is 130 cm³/mol. The van der Waals surface area contributed by atoms with E-state index in [0.29, 0.717) is 6.42 Å². The van der Waals surface area contributed by atoms with Gasteiger partial charge in [0.15, 0.2) is 17.4 Å². The van der Waals surface area contributed by atoms with Crippen molar-refractivity contribution in [2.45, 2.75) is 70.6 Å². The smallest absolute Gasteiger partial charge is 0.178 e. The van der Waals surface area contributed by atoms with Gasteiger partial charge in [0.2, 0.25) is 0 Å². The topological polar surface area (TPSA) is 128 Å². The first kappa shape index (κ1) is 22.7. The average Bonchev–Trinajstić information content (AvgIpc) is 3.47. The van der Waals surface area contributed by atoms with Gasteiger partial charge in [-0.15, -0.1) is 0 Å². The quantitative estimate of drug-likeness (QED) is 0.662. The monoisotopic (exact) mass is 480 g/mol. The first-order chi connectivity index (χ1) is 17.0. The molecule has 2 aromatic rings. The summed E-state index contributed by atoms with van der Waals surface area (Å²) in [7, 11) is 0. The summed E-state index contributed by atoms with van der Waals surface area (Å²) in [6.07, 6.45) is 9.33. The van der Waals surface area contributed by atoms with Crippen LogP contribution in [-0.2, 0) is 33.3 Å². The number of nitriles is 2. The number of H-pyrrole nitrogens is 1. The van der Waals surface area contributed by atoms with Gasteiger partial charge in [-0.25, -0.2) is 4.68 Å². The number of nitrogens with zero attached hydrogens (tertiary/aromatic N) is 5. The molecule has 2 heterocycles. The number of carbonyl (C=O) groups is 2. The van der Waals surface area contributed by atoms with Gasteiger partial charge in [0.05, 0.1) is 22.5 Å². The van der Waals surface area contributed by atoms with Crippen molar-refractivity contribution in [3.8, 4) is 18.0 Å². The number of aromatic nitrogens is 4. The van der Waals surface area contributed by atoms with E-state index in [1.165, 1.54) is 0 Å². The molecule has 6 rings (SSSR count). The van der Waals surface area contributed by atoms with E-state index in [1.54, 1.807) is 0 Å². The molecule has 0 spiro atoms. The molecule has 0 bridgehead atoms. The fourth-order valence-corrected chi connectivity index (χ4v) is 7.51. The van der Waals surface area contributed by atoms with Crippen molar-refractivity contribution in [2.75, 3.05) is 0 Å². The van der Waals surface area contributed by atoms with Crippen molar-refractivity contribution >= 4 is 11.6 Å². The molecule has 0 aromatic carbocycles. The van der Waals surface area contributed by atoms with Crippen LogP contribution in [0.1, 0.15) is 69.5 Å². The normalized spacial score (nSPS) is 32.2. The predicted octanol–water partition coefficient (Wildman–Crippen LogP) is 3.72. The largest absolute Gasteiger partial charge is 0.293 e. The summed E-state index contributed by atoms with van der Waals surface area (Å²) in [5.74, 6) is 0.803. The van der Waals surface area contributed by atoms with E-state index in [9.17, 15) is 20.1 Å². The van der Waals surface area contributed by atoms with E-state index in [2.05, 4.69) is 31.1 Å². The van der Waals surface area contributed by atoms with Crippen LogP contribution < -0.4 is 0 Å². The highest BCUT2D eigenvalue weighted by Gasteiger charge is 2.55. The average molecular weight is 481 g/mol. The summed E-state index contributed by atoms with van der Waals surface area (Å²) in [5, 5.41) is 32.1. The van der Waals surface area contributed by atoms with Crippen LogP contribution in [0.3, 0.4) is 0 Å². The van der Waals surface area contributed by atoms with Crippen molar-refractivity contribution in [1.29, 1.82) is 10.5 Å². The molecule has 36 heavy (non-hydrogen) atoms. The number of allylic oxidation sites excluding steroid dienone is 4. The van der Waals surface area contributed by atoms with Crippen LogP contribution in [0.15, 0.2) is 29.5 Å². The number of aromatic amines is 1. The number of nitrogens with one attached hydrogen (secondary N) is 1. The lowest BCUT2D eigenvalue weighted by Crippen LogP contribution is -2.51. The maximum Gasteiger partial charge on any atom is 0.178 e. The highest BCUT2D eigenvalue weighted by Crippen LogP contribution is 2.55. The van der Waals surface area contributed by atoms with Gasteiger partial charge >= 0.3 is 0 Å². The molecule has 8 heteroatoms. The minimum atomic E-state index is -0.650. The van der Waals surface area contributed by atoms with Crippen LogP contribution >= 0.6 is 0 Å². The van der Waals surface area contributed by atoms with E-state index in [-0.39, 0.29) is 34.5 Å². The van der Waals surface area contributed by atoms with Gasteiger partial charge in [-0.05, 0) is 43.1 Å². The Balaban J connectivity index is 1.47. The first-order valence-corrected chi connectivity index (χ1v) is 12.6. The Morgan fingerprint density at radius 1 is 1.00 bits per heavy atom. The number of fused-ring (bicyclic) bond motifs is 6. The zero-order valence-electron chi connectivity index (χ0n) is 21.0. The summed E-state index contributed by atoms with van der Waals surface area (Å²) < 4.78 is 1.86. The second kappa shape index (κ2) is 7.13. The number of Topliss-reactive ketones (excluding diaryl/α,β-unsaturated/α-hetero) is 2. The van der Waals surface area contributed by atoms with Crippen molar-refractivity contribution in [3.05, 3.63) is 52.0 Å². The summed E-state index contributed by atoms with van der Waals surface area (Å²) in [5.41, 5.74) is 2.74. The fourth-order valence-electron chi connectivity index (χ4n) is 7.51. The molecule has 8 nitrogen and oxygen atoms in total. The van der Waals surface area contributed by atoms with Crippen LogP contribution in [0.25, 0.3) is 5.82 Å². The van der Waals surface area contributed by atoms with Crippen LogP contribution in [0.4, 0.5) is 0 Å². The lowest BCUT2D eigenvalue weighted by Gasteiger charge is -2.49. The molecule has 2 aromatic heterocycles. The molecule has 4 atom stereocenters. The highest BCUT2D eigenvalue weighted by atomic mass is 16.1. The molecule has 0 fully saturated rings. The molecule has 0 aliphatic heterocycles. The summed E-state index contributed by atoms with van der Waals surface area (Å²) in [4.78, 5) is 25.3. The third-order valence-electron chi connectivity index (χ3n) is 9.46. The van der Waals surface area contributed by atoms with Crippen molar-refractivity contribution < 1.29 is 9.59 Å². The second-order valence-corrected chi connectivity index (χ2v) is 11.8.